The lowest BCUT2D eigenvalue weighted by atomic mass is 9.89. The Labute approximate surface area is 97.2 Å². The van der Waals surface area contributed by atoms with Gasteiger partial charge in [-0.3, -0.25) is 0 Å². The van der Waals surface area contributed by atoms with E-state index in [9.17, 15) is 15.3 Å². The molecule has 1 heterocycles. The largest absolute Gasteiger partial charge is 0.388 e. The van der Waals surface area contributed by atoms with Crippen molar-refractivity contribution < 1.29 is 20.1 Å². The van der Waals surface area contributed by atoms with Gasteiger partial charge in [-0.1, -0.05) is 27.2 Å². The van der Waals surface area contributed by atoms with E-state index < -0.39 is 18.3 Å². The molecule has 3 N–H and O–H groups in total. The average Bonchev–Trinajstić information content (AvgIpc) is 2.21. The molecule has 0 bridgehead atoms. The van der Waals surface area contributed by atoms with Gasteiger partial charge in [-0.25, -0.2) is 0 Å². The van der Waals surface area contributed by atoms with Crippen LogP contribution in [0.2, 0.25) is 0 Å². The molecule has 1 rings (SSSR count). The number of ether oxygens (including phenoxy) is 1. The number of hydrogen-bond acceptors (Lipinski definition) is 4. The van der Waals surface area contributed by atoms with Crippen LogP contribution in [0.25, 0.3) is 0 Å². The summed E-state index contributed by atoms with van der Waals surface area (Å²) in [5, 5.41) is 29.3. The van der Waals surface area contributed by atoms with Crippen molar-refractivity contribution in [2.45, 2.75) is 70.6 Å². The maximum atomic E-state index is 9.81. The van der Waals surface area contributed by atoms with Crippen molar-refractivity contribution >= 4 is 0 Å². The number of aliphatic hydroxyl groups is 3. The summed E-state index contributed by atoms with van der Waals surface area (Å²) in [5.74, 6) is 0.393. The van der Waals surface area contributed by atoms with Crippen molar-refractivity contribution in [2.75, 3.05) is 0 Å². The van der Waals surface area contributed by atoms with E-state index in [4.69, 9.17) is 4.74 Å². The Balaban J connectivity index is 2.65. The van der Waals surface area contributed by atoms with Gasteiger partial charge >= 0.3 is 0 Å². The van der Waals surface area contributed by atoms with E-state index in [1.165, 1.54) is 0 Å². The molecule has 5 atom stereocenters. The summed E-state index contributed by atoms with van der Waals surface area (Å²) in [5.41, 5.74) is 0. The molecule has 96 valence electrons. The van der Waals surface area contributed by atoms with Crippen molar-refractivity contribution in [3.63, 3.8) is 0 Å². The Morgan fingerprint density at radius 3 is 2.06 bits per heavy atom. The van der Waals surface area contributed by atoms with Gasteiger partial charge in [0.25, 0.3) is 0 Å². The topological polar surface area (TPSA) is 69.9 Å². The van der Waals surface area contributed by atoms with Gasteiger partial charge in [0.05, 0.1) is 12.2 Å². The third-order valence-corrected chi connectivity index (χ3v) is 3.09. The van der Waals surface area contributed by atoms with Gasteiger partial charge in [0.1, 0.15) is 18.3 Å². The molecule has 4 nitrogen and oxygen atoms in total. The van der Waals surface area contributed by atoms with E-state index in [1.54, 1.807) is 0 Å². The third-order valence-electron chi connectivity index (χ3n) is 3.09. The second-order valence-corrected chi connectivity index (χ2v) is 5.10. The number of rotatable bonds is 4. The summed E-state index contributed by atoms with van der Waals surface area (Å²) in [7, 11) is 0. The Morgan fingerprint density at radius 1 is 1.00 bits per heavy atom. The van der Waals surface area contributed by atoms with Gasteiger partial charge in [-0.15, -0.1) is 0 Å². The first-order valence-electron chi connectivity index (χ1n) is 6.17. The van der Waals surface area contributed by atoms with Crippen molar-refractivity contribution in [1.29, 1.82) is 0 Å². The molecule has 1 aliphatic heterocycles. The number of hydrogen-bond donors (Lipinski definition) is 3. The SMILES string of the molecule is CCC[C@H]1O[C@H](CC(C)C)[C@H](O)[C@H](O)[C@H]1O. The normalized spacial score (nSPS) is 40.3. The lowest BCUT2D eigenvalue weighted by molar-refractivity contribution is -0.226. The van der Waals surface area contributed by atoms with E-state index in [0.717, 1.165) is 6.42 Å². The van der Waals surface area contributed by atoms with E-state index in [0.29, 0.717) is 18.8 Å². The molecule has 16 heavy (non-hydrogen) atoms. The van der Waals surface area contributed by atoms with Crippen LogP contribution in [0.15, 0.2) is 0 Å². The third kappa shape index (κ3) is 3.17. The summed E-state index contributed by atoms with van der Waals surface area (Å²) in [4.78, 5) is 0. The van der Waals surface area contributed by atoms with Crippen LogP contribution in [-0.2, 0) is 4.74 Å². The van der Waals surface area contributed by atoms with Gasteiger partial charge in [-0.2, -0.15) is 0 Å². The number of aliphatic hydroxyl groups excluding tert-OH is 3. The molecule has 0 aromatic heterocycles. The molecule has 1 saturated heterocycles. The molecule has 0 radical (unpaired) electrons. The fraction of sp³-hybridized carbons (Fsp3) is 1.00. The van der Waals surface area contributed by atoms with Crippen LogP contribution in [0.5, 0.6) is 0 Å². The minimum absolute atomic E-state index is 0.354. The van der Waals surface area contributed by atoms with Gasteiger partial charge in [-0.05, 0) is 18.8 Å². The van der Waals surface area contributed by atoms with Gasteiger partial charge < -0.3 is 20.1 Å². The molecule has 1 fully saturated rings. The van der Waals surface area contributed by atoms with Crippen molar-refractivity contribution in [3.8, 4) is 0 Å². The predicted molar refractivity (Wildman–Crippen MR) is 61.0 cm³/mol. The van der Waals surface area contributed by atoms with Crippen LogP contribution in [0, 0.1) is 5.92 Å². The first-order valence-corrected chi connectivity index (χ1v) is 6.17. The average molecular weight is 232 g/mol. The molecule has 0 aromatic carbocycles. The van der Waals surface area contributed by atoms with Crippen LogP contribution >= 0.6 is 0 Å². The lowest BCUT2D eigenvalue weighted by Gasteiger charge is -2.41. The molecule has 0 aliphatic carbocycles. The molecule has 0 aromatic rings. The van der Waals surface area contributed by atoms with Crippen molar-refractivity contribution in [1.82, 2.24) is 0 Å². The summed E-state index contributed by atoms with van der Waals surface area (Å²) >= 11 is 0. The molecule has 0 unspecified atom stereocenters. The summed E-state index contributed by atoms with van der Waals surface area (Å²) < 4.78 is 5.67. The Bertz CT molecular complexity index is 207. The van der Waals surface area contributed by atoms with Crippen LogP contribution in [-0.4, -0.2) is 45.8 Å². The molecule has 4 heteroatoms. The zero-order valence-electron chi connectivity index (χ0n) is 10.3. The van der Waals surface area contributed by atoms with Gasteiger partial charge in [0.2, 0.25) is 0 Å². The van der Waals surface area contributed by atoms with Crippen molar-refractivity contribution in [3.05, 3.63) is 0 Å². The minimum Gasteiger partial charge on any atom is -0.388 e. The molecular weight excluding hydrogens is 208 g/mol. The lowest BCUT2D eigenvalue weighted by Crippen LogP contribution is -2.57. The Hall–Kier alpha value is -0.160. The Morgan fingerprint density at radius 2 is 1.56 bits per heavy atom. The van der Waals surface area contributed by atoms with Crippen LogP contribution in [0.3, 0.4) is 0 Å². The van der Waals surface area contributed by atoms with Gasteiger partial charge in [0.15, 0.2) is 0 Å². The molecular formula is C12H24O4. The highest BCUT2D eigenvalue weighted by Crippen LogP contribution is 2.27. The summed E-state index contributed by atoms with van der Waals surface area (Å²) in [6.07, 6.45) is -1.47. The fourth-order valence-electron chi connectivity index (χ4n) is 2.21. The van der Waals surface area contributed by atoms with Crippen molar-refractivity contribution in [2.24, 2.45) is 5.92 Å². The summed E-state index contributed by atoms with van der Waals surface area (Å²) in [6.45, 7) is 6.09. The maximum absolute atomic E-state index is 9.81. The highest BCUT2D eigenvalue weighted by Gasteiger charge is 2.42. The van der Waals surface area contributed by atoms with E-state index in [2.05, 4.69) is 0 Å². The summed E-state index contributed by atoms with van der Waals surface area (Å²) in [6, 6.07) is 0. The standard InChI is InChI=1S/C12H24O4/c1-4-5-8-10(13)12(15)11(14)9(16-8)6-7(2)3/h7-15H,4-6H2,1-3H3/t8-,9-,10+,11+,12-/m1/s1. The van der Waals surface area contributed by atoms with E-state index in [1.807, 2.05) is 20.8 Å². The predicted octanol–water partition coefficient (Wildman–Crippen LogP) is 0.683. The first kappa shape index (κ1) is 13.9. The zero-order valence-corrected chi connectivity index (χ0v) is 10.3. The highest BCUT2D eigenvalue weighted by molar-refractivity contribution is 4.92. The zero-order chi connectivity index (χ0) is 12.3. The molecule has 0 spiro atoms. The van der Waals surface area contributed by atoms with Crippen LogP contribution in [0.4, 0.5) is 0 Å². The highest BCUT2D eigenvalue weighted by atomic mass is 16.5. The fourth-order valence-corrected chi connectivity index (χ4v) is 2.21. The smallest absolute Gasteiger partial charge is 0.111 e. The second-order valence-electron chi connectivity index (χ2n) is 5.10. The molecule has 0 amide bonds. The molecule has 1 aliphatic rings. The monoisotopic (exact) mass is 232 g/mol. The van der Waals surface area contributed by atoms with E-state index in [-0.39, 0.29) is 12.2 Å². The molecule has 0 saturated carbocycles. The maximum Gasteiger partial charge on any atom is 0.111 e. The first-order chi connectivity index (χ1) is 7.47. The Kier molecular flexibility index (Phi) is 5.18. The quantitative estimate of drug-likeness (QED) is 0.667. The minimum atomic E-state index is -1.09. The van der Waals surface area contributed by atoms with E-state index >= 15 is 0 Å². The van der Waals surface area contributed by atoms with Crippen LogP contribution in [0.1, 0.15) is 40.0 Å². The van der Waals surface area contributed by atoms with Gasteiger partial charge in [0, 0.05) is 0 Å². The van der Waals surface area contributed by atoms with Crippen LogP contribution < -0.4 is 0 Å². The second kappa shape index (κ2) is 5.96.